The number of benzene rings is 2. The first-order valence-electron chi connectivity index (χ1n) is 5.97. The molecule has 2 aromatic rings. The fraction of sp³-hybridized carbons (Fsp3) is 0. The molecule has 0 atom stereocenters. The number of hydrogen-bond acceptors (Lipinski definition) is 4. The monoisotopic (exact) mass is 266 g/mol. The molecule has 5 heteroatoms. The van der Waals surface area contributed by atoms with E-state index in [1.807, 2.05) is 5.43 Å². The maximum absolute atomic E-state index is 12.4. The zero-order valence-corrected chi connectivity index (χ0v) is 10.3. The summed E-state index contributed by atoms with van der Waals surface area (Å²) in [6.45, 7) is 0. The second-order valence-electron chi connectivity index (χ2n) is 4.44. The first kappa shape index (κ1) is 12.3. The lowest BCUT2D eigenvalue weighted by Gasteiger charge is -2.17. The lowest BCUT2D eigenvalue weighted by Crippen LogP contribution is -2.30. The van der Waals surface area contributed by atoms with Crippen molar-refractivity contribution in [3.63, 3.8) is 0 Å². The molecule has 1 amide bonds. The number of nitrogen functional groups attached to an aromatic ring is 1. The molecule has 5 nitrogen and oxygen atoms in total. The summed E-state index contributed by atoms with van der Waals surface area (Å²) in [4.78, 5) is 36.2. The van der Waals surface area contributed by atoms with Gasteiger partial charge in [0.05, 0.1) is 0 Å². The van der Waals surface area contributed by atoms with Crippen LogP contribution < -0.4 is 11.3 Å². The van der Waals surface area contributed by atoms with Gasteiger partial charge in [0.25, 0.3) is 5.91 Å². The summed E-state index contributed by atoms with van der Waals surface area (Å²) in [6, 6.07) is 11.0. The first-order valence-corrected chi connectivity index (χ1v) is 5.97. The summed E-state index contributed by atoms with van der Waals surface area (Å²) in [5, 5.41) is 0. The van der Waals surface area contributed by atoms with Crippen molar-refractivity contribution in [3.05, 3.63) is 70.3 Å². The molecule has 3 rings (SSSR count). The Balaban J connectivity index is 2.21. The summed E-state index contributed by atoms with van der Waals surface area (Å²) >= 11 is 0. The summed E-state index contributed by atoms with van der Waals surface area (Å²) in [5.74, 6) is 4.08. The van der Waals surface area contributed by atoms with E-state index in [-0.39, 0.29) is 22.7 Å². The minimum Gasteiger partial charge on any atom is -0.290 e. The van der Waals surface area contributed by atoms with E-state index in [4.69, 9.17) is 5.84 Å². The predicted molar refractivity (Wildman–Crippen MR) is 71.4 cm³/mol. The van der Waals surface area contributed by atoms with E-state index in [1.54, 1.807) is 24.3 Å². The van der Waals surface area contributed by atoms with Crippen LogP contribution in [0, 0.1) is 0 Å². The average molecular weight is 266 g/mol. The van der Waals surface area contributed by atoms with Gasteiger partial charge in [-0.3, -0.25) is 19.8 Å². The molecule has 20 heavy (non-hydrogen) atoms. The van der Waals surface area contributed by atoms with Gasteiger partial charge in [-0.05, 0) is 18.2 Å². The summed E-state index contributed by atoms with van der Waals surface area (Å²) in [7, 11) is 0. The highest BCUT2D eigenvalue weighted by Crippen LogP contribution is 2.27. The van der Waals surface area contributed by atoms with Crippen molar-refractivity contribution < 1.29 is 14.4 Å². The molecule has 0 aromatic heterocycles. The third-order valence-electron chi connectivity index (χ3n) is 3.32. The highest BCUT2D eigenvalue weighted by Gasteiger charge is 2.29. The van der Waals surface area contributed by atoms with Crippen LogP contribution in [0.2, 0.25) is 0 Å². The van der Waals surface area contributed by atoms with Crippen molar-refractivity contribution in [1.82, 2.24) is 5.43 Å². The smallest absolute Gasteiger partial charge is 0.265 e. The average Bonchev–Trinajstić information content (AvgIpc) is 2.51. The number of amides is 1. The normalized spacial score (nSPS) is 12.7. The Morgan fingerprint density at radius 3 is 2.00 bits per heavy atom. The molecule has 0 spiro atoms. The molecule has 0 saturated heterocycles. The van der Waals surface area contributed by atoms with Gasteiger partial charge in [0, 0.05) is 27.8 Å². The number of nitrogens with two attached hydrogens (primary N) is 1. The van der Waals surface area contributed by atoms with Crippen LogP contribution in [0.5, 0.6) is 0 Å². The Hall–Kier alpha value is -2.79. The van der Waals surface area contributed by atoms with E-state index in [9.17, 15) is 14.4 Å². The van der Waals surface area contributed by atoms with Crippen LogP contribution in [0.25, 0.3) is 0 Å². The SMILES string of the molecule is NNC(=O)c1ccc2c(c1)C(=O)c1ccccc1C2=O. The number of ketones is 2. The van der Waals surface area contributed by atoms with E-state index in [2.05, 4.69) is 0 Å². The van der Waals surface area contributed by atoms with Gasteiger partial charge in [-0.25, -0.2) is 5.84 Å². The zero-order chi connectivity index (χ0) is 14.3. The fourth-order valence-corrected chi connectivity index (χ4v) is 2.32. The number of fused-ring (bicyclic) bond motifs is 2. The molecular formula is C15H10N2O3. The molecule has 1 aliphatic carbocycles. The topological polar surface area (TPSA) is 89.3 Å². The van der Waals surface area contributed by atoms with Gasteiger partial charge < -0.3 is 0 Å². The summed E-state index contributed by atoms with van der Waals surface area (Å²) in [6.07, 6.45) is 0. The lowest BCUT2D eigenvalue weighted by atomic mass is 9.83. The highest BCUT2D eigenvalue weighted by atomic mass is 16.2. The van der Waals surface area contributed by atoms with Gasteiger partial charge in [-0.1, -0.05) is 24.3 Å². The number of hydrogen-bond donors (Lipinski definition) is 2. The van der Waals surface area contributed by atoms with Gasteiger partial charge in [0.15, 0.2) is 11.6 Å². The van der Waals surface area contributed by atoms with Gasteiger partial charge >= 0.3 is 0 Å². The predicted octanol–water partition coefficient (Wildman–Crippen LogP) is 1.07. The number of nitrogens with one attached hydrogen (secondary N) is 1. The Kier molecular flexibility index (Phi) is 2.69. The van der Waals surface area contributed by atoms with Gasteiger partial charge in [-0.2, -0.15) is 0 Å². The highest BCUT2D eigenvalue weighted by molar-refractivity contribution is 6.28. The van der Waals surface area contributed by atoms with Crippen LogP contribution in [0.3, 0.4) is 0 Å². The minimum absolute atomic E-state index is 0.213. The van der Waals surface area contributed by atoms with Crippen molar-refractivity contribution in [2.24, 2.45) is 5.84 Å². The van der Waals surface area contributed by atoms with Crippen LogP contribution in [-0.2, 0) is 0 Å². The van der Waals surface area contributed by atoms with Crippen molar-refractivity contribution in [1.29, 1.82) is 0 Å². The van der Waals surface area contributed by atoms with E-state index in [0.29, 0.717) is 16.7 Å². The maximum atomic E-state index is 12.4. The van der Waals surface area contributed by atoms with Crippen molar-refractivity contribution in [2.75, 3.05) is 0 Å². The number of rotatable bonds is 1. The third kappa shape index (κ3) is 1.64. The van der Waals surface area contributed by atoms with Crippen LogP contribution in [0.1, 0.15) is 42.2 Å². The molecule has 0 unspecified atom stereocenters. The largest absolute Gasteiger partial charge is 0.290 e. The molecular weight excluding hydrogens is 256 g/mol. The standard InChI is InChI=1S/C15H10N2O3/c16-17-15(20)8-5-6-11-12(7-8)14(19)10-4-2-1-3-9(10)13(11)18/h1-7H,16H2,(H,17,20). The first-order chi connectivity index (χ1) is 9.63. The Morgan fingerprint density at radius 2 is 1.40 bits per heavy atom. The van der Waals surface area contributed by atoms with Crippen molar-refractivity contribution >= 4 is 17.5 Å². The second-order valence-corrected chi connectivity index (χ2v) is 4.44. The van der Waals surface area contributed by atoms with Crippen molar-refractivity contribution in [2.45, 2.75) is 0 Å². The molecule has 0 radical (unpaired) electrons. The molecule has 0 fully saturated rings. The van der Waals surface area contributed by atoms with E-state index < -0.39 is 5.91 Å². The lowest BCUT2D eigenvalue weighted by molar-refractivity contribution is 0.0951. The quantitative estimate of drug-likeness (QED) is 0.391. The van der Waals surface area contributed by atoms with E-state index >= 15 is 0 Å². The number of carbonyl (C=O) groups excluding carboxylic acids is 3. The second kappa shape index (κ2) is 4.40. The molecule has 0 saturated carbocycles. The van der Waals surface area contributed by atoms with Crippen LogP contribution >= 0.6 is 0 Å². The number of hydrazine groups is 1. The summed E-state index contributed by atoms with van der Waals surface area (Å²) in [5.41, 5.74) is 3.53. The molecule has 98 valence electrons. The van der Waals surface area contributed by atoms with Gasteiger partial charge in [0.2, 0.25) is 0 Å². The minimum atomic E-state index is -0.507. The molecule has 3 N–H and O–H groups in total. The molecule has 0 heterocycles. The third-order valence-corrected chi connectivity index (χ3v) is 3.32. The number of carbonyl (C=O) groups is 3. The Labute approximate surface area is 114 Å². The molecule has 0 aliphatic heterocycles. The molecule has 2 aromatic carbocycles. The Morgan fingerprint density at radius 1 is 0.850 bits per heavy atom. The van der Waals surface area contributed by atoms with E-state index in [1.165, 1.54) is 18.2 Å². The molecule has 0 bridgehead atoms. The van der Waals surface area contributed by atoms with Crippen LogP contribution in [0.15, 0.2) is 42.5 Å². The van der Waals surface area contributed by atoms with Crippen LogP contribution in [-0.4, -0.2) is 17.5 Å². The van der Waals surface area contributed by atoms with Crippen LogP contribution in [0.4, 0.5) is 0 Å². The fourth-order valence-electron chi connectivity index (χ4n) is 2.32. The van der Waals surface area contributed by atoms with Gasteiger partial charge in [-0.15, -0.1) is 0 Å². The Bertz CT molecular complexity index is 765. The zero-order valence-electron chi connectivity index (χ0n) is 10.3. The maximum Gasteiger partial charge on any atom is 0.265 e. The van der Waals surface area contributed by atoms with E-state index in [0.717, 1.165) is 0 Å². The summed E-state index contributed by atoms with van der Waals surface area (Å²) < 4.78 is 0. The van der Waals surface area contributed by atoms with Gasteiger partial charge in [0.1, 0.15) is 0 Å². The molecule has 1 aliphatic rings. The van der Waals surface area contributed by atoms with Crippen molar-refractivity contribution in [3.8, 4) is 0 Å².